The number of para-hydroxylation sites is 1. The number of benzene rings is 1. The van der Waals surface area contributed by atoms with E-state index in [1.165, 1.54) is 5.56 Å². The summed E-state index contributed by atoms with van der Waals surface area (Å²) >= 11 is 0. The number of rotatable bonds is 3. The first-order valence-corrected chi connectivity index (χ1v) is 7.79. The molecule has 0 amide bonds. The van der Waals surface area contributed by atoms with Crippen LogP contribution in [0.15, 0.2) is 24.3 Å². The van der Waals surface area contributed by atoms with Gasteiger partial charge in [0.25, 0.3) is 0 Å². The summed E-state index contributed by atoms with van der Waals surface area (Å²) in [6, 6.07) is 8.47. The highest BCUT2D eigenvalue weighted by Gasteiger charge is 2.41. The van der Waals surface area contributed by atoms with Gasteiger partial charge in [0.2, 0.25) is 0 Å². The molecule has 110 valence electrons. The predicted octanol–water partition coefficient (Wildman–Crippen LogP) is 3.10. The van der Waals surface area contributed by atoms with E-state index in [1.807, 2.05) is 0 Å². The van der Waals surface area contributed by atoms with E-state index in [4.69, 9.17) is 9.47 Å². The first-order chi connectivity index (χ1) is 9.69. The molecule has 0 aromatic heterocycles. The Morgan fingerprint density at radius 1 is 1.30 bits per heavy atom. The van der Waals surface area contributed by atoms with Crippen LogP contribution < -0.4 is 10.1 Å². The molecule has 2 aliphatic heterocycles. The van der Waals surface area contributed by atoms with Crippen LogP contribution in [0.1, 0.15) is 44.6 Å². The molecule has 0 aliphatic carbocycles. The molecule has 1 atom stereocenters. The molecule has 1 saturated heterocycles. The average Bonchev–Trinajstić information content (AvgIpc) is 2.45. The highest BCUT2D eigenvalue weighted by molar-refractivity contribution is 5.39. The highest BCUT2D eigenvalue weighted by Crippen LogP contribution is 2.44. The van der Waals surface area contributed by atoms with Crippen molar-refractivity contribution in [3.05, 3.63) is 29.8 Å². The quantitative estimate of drug-likeness (QED) is 0.919. The third-order valence-corrected chi connectivity index (χ3v) is 4.45. The maximum absolute atomic E-state index is 6.40. The molecule has 2 heterocycles. The van der Waals surface area contributed by atoms with Gasteiger partial charge < -0.3 is 14.8 Å². The van der Waals surface area contributed by atoms with E-state index < -0.39 is 0 Å². The molecule has 20 heavy (non-hydrogen) atoms. The highest BCUT2D eigenvalue weighted by atomic mass is 16.5. The number of nitrogens with one attached hydrogen (secondary N) is 1. The van der Waals surface area contributed by atoms with Crippen molar-refractivity contribution in [2.45, 2.75) is 50.7 Å². The van der Waals surface area contributed by atoms with Crippen LogP contribution >= 0.6 is 0 Å². The Hall–Kier alpha value is -1.06. The molecule has 0 bridgehead atoms. The van der Waals surface area contributed by atoms with E-state index in [0.29, 0.717) is 5.92 Å². The van der Waals surface area contributed by atoms with E-state index in [9.17, 15) is 0 Å². The zero-order valence-electron chi connectivity index (χ0n) is 12.5. The zero-order valence-corrected chi connectivity index (χ0v) is 12.5. The normalized spacial score (nSPS) is 24.4. The second-order valence-electron chi connectivity index (χ2n) is 6.36. The van der Waals surface area contributed by atoms with Crippen molar-refractivity contribution in [1.29, 1.82) is 0 Å². The van der Waals surface area contributed by atoms with E-state index in [2.05, 4.69) is 43.4 Å². The Bertz CT molecular complexity index is 452. The van der Waals surface area contributed by atoms with Gasteiger partial charge in [0, 0.05) is 5.92 Å². The molecular weight excluding hydrogens is 250 g/mol. The van der Waals surface area contributed by atoms with E-state index in [1.54, 1.807) is 0 Å². The van der Waals surface area contributed by atoms with Gasteiger partial charge in [-0.15, -0.1) is 0 Å². The van der Waals surface area contributed by atoms with Gasteiger partial charge in [-0.25, -0.2) is 0 Å². The number of piperidine rings is 1. The molecule has 3 nitrogen and oxygen atoms in total. The fourth-order valence-corrected chi connectivity index (χ4v) is 3.39. The lowest BCUT2D eigenvalue weighted by Crippen LogP contribution is -2.49. The monoisotopic (exact) mass is 275 g/mol. The molecule has 1 unspecified atom stereocenters. The molecule has 2 aliphatic rings. The summed E-state index contributed by atoms with van der Waals surface area (Å²) in [5, 5.41) is 3.43. The zero-order chi connectivity index (χ0) is 14.0. The van der Waals surface area contributed by atoms with Crippen LogP contribution in [-0.2, 0) is 4.74 Å². The minimum absolute atomic E-state index is 0.0185. The summed E-state index contributed by atoms with van der Waals surface area (Å²) in [5.74, 6) is 1.53. The number of hydrogen-bond acceptors (Lipinski definition) is 3. The summed E-state index contributed by atoms with van der Waals surface area (Å²) in [5.41, 5.74) is 1.34. The fraction of sp³-hybridized carbons (Fsp3) is 0.647. The Labute approximate surface area is 121 Å². The summed E-state index contributed by atoms with van der Waals surface area (Å²) in [6.45, 7) is 7.12. The SMILES string of the molecule is CC(C)OCC1CC2(CCNCC2)Oc2ccccc21. The average molecular weight is 275 g/mol. The minimum Gasteiger partial charge on any atom is -0.487 e. The van der Waals surface area contributed by atoms with Crippen LogP contribution in [-0.4, -0.2) is 31.4 Å². The fourth-order valence-electron chi connectivity index (χ4n) is 3.39. The van der Waals surface area contributed by atoms with Gasteiger partial charge in [0.05, 0.1) is 12.7 Å². The Morgan fingerprint density at radius 2 is 2.05 bits per heavy atom. The van der Waals surface area contributed by atoms with Crippen LogP contribution in [0.3, 0.4) is 0 Å². The molecule has 1 N–H and O–H groups in total. The molecule has 0 saturated carbocycles. The van der Waals surface area contributed by atoms with Crippen molar-refractivity contribution in [3.8, 4) is 5.75 Å². The standard InChI is InChI=1S/C17H25NO2/c1-13(2)19-12-14-11-17(7-9-18-10-8-17)20-16-6-4-3-5-15(14)16/h3-6,13-14,18H,7-12H2,1-2H3. The van der Waals surface area contributed by atoms with Crippen LogP contribution in [0.2, 0.25) is 0 Å². The topological polar surface area (TPSA) is 30.5 Å². The molecule has 1 spiro atoms. The Balaban J connectivity index is 1.84. The van der Waals surface area contributed by atoms with Crippen molar-refractivity contribution in [2.24, 2.45) is 0 Å². The number of ether oxygens (including phenoxy) is 2. The second-order valence-corrected chi connectivity index (χ2v) is 6.36. The summed E-state index contributed by atoms with van der Waals surface area (Å²) < 4.78 is 12.3. The number of hydrogen-bond donors (Lipinski definition) is 1. The van der Waals surface area contributed by atoms with Crippen molar-refractivity contribution in [1.82, 2.24) is 5.32 Å². The number of fused-ring (bicyclic) bond motifs is 1. The Morgan fingerprint density at radius 3 is 2.80 bits per heavy atom. The predicted molar refractivity (Wildman–Crippen MR) is 80.4 cm³/mol. The van der Waals surface area contributed by atoms with Gasteiger partial charge >= 0.3 is 0 Å². The van der Waals surface area contributed by atoms with Gasteiger partial charge in [-0.3, -0.25) is 0 Å². The molecule has 3 rings (SSSR count). The summed E-state index contributed by atoms with van der Waals surface area (Å²) in [6.07, 6.45) is 3.56. The van der Waals surface area contributed by atoms with Crippen LogP contribution in [0.25, 0.3) is 0 Å². The smallest absolute Gasteiger partial charge is 0.123 e. The van der Waals surface area contributed by atoms with Crippen LogP contribution in [0, 0.1) is 0 Å². The van der Waals surface area contributed by atoms with Gasteiger partial charge in [-0.2, -0.15) is 0 Å². The van der Waals surface area contributed by atoms with Crippen molar-refractivity contribution in [3.63, 3.8) is 0 Å². The third-order valence-electron chi connectivity index (χ3n) is 4.45. The largest absolute Gasteiger partial charge is 0.487 e. The van der Waals surface area contributed by atoms with Gasteiger partial charge in [0.1, 0.15) is 11.4 Å². The van der Waals surface area contributed by atoms with Gasteiger partial charge in [0.15, 0.2) is 0 Å². The Kier molecular flexibility index (Phi) is 3.99. The van der Waals surface area contributed by atoms with E-state index in [0.717, 1.165) is 44.7 Å². The molecule has 3 heteroatoms. The second kappa shape index (κ2) is 5.74. The van der Waals surface area contributed by atoms with Crippen LogP contribution in [0.5, 0.6) is 5.75 Å². The van der Waals surface area contributed by atoms with Crippen molar-refractivity contribution < 1.29 is 9.47 Å². The van der Waals surface area contributed by atoms with Crippen molar-refractivity contribution >= 4 is 0 Å². The molecule has 1 aromatic rings. The van der Waals surface area contributed by atoms with Crippen LogP contribution in [0.4, 0.5) is 0 Å². The summed E-state index contributed by atoms with van der Waals surface area (Å²) in [4.78, 5) is 0. The first kappa shape index (κ1) is 13.9. The van der Waals surface area contributed by atoms with E-state index in [-0.39, 0.29) is 11.7 Å². The molecule has 0 radical (unpaired) electrons. The molecule has 1 fully saturated rings. The van der Waals surface area contributed by atoms with Crippen molar-refractivity contribution in [2.75, 3.05) is 19.7 Å². The molecule has 1 aromatic carbocycles. The minimum atomic E-state index is 0.0185. The third kappa shape index (κ3) is 2.84. The lowest BCUT2D eigenvalue weighted by atomic mass is 9.78. The lowest BCUT2D eigenvalue weighted by Gasteiger charge is -2.44. The first-order valence-electron chi connectivity index (χ1n) is 7.79. The maximum atomic E-state index is 6.40. The van der Waals surface area contributed by atoms with Gasteiger partial charge in [-0.1, -0.05) is 18.2 Å². The van der Waals surface area contributed by atoms with E-state index >= 15 is 0 Å². The lowest BCUT2D eigenvalue weighted by molar-refractivity contribution is -0.0150. The maximum Gasteiger partial charge on any atom is 0.123 e. The molecular formula is C17H25NO2. The van der Waals surface area contributed by atoms with Gasteiger partial charge in [-0.05, 0) is 57.8 Å². The summed E-state index contributed by atoms with van der Waals surface area (Å²) in [7, 11) is 0.